The third-order valence-corrected chi connectivity index (χ3v) is 4.33. The molecular weight excluding hydrogens is 318 g/mol. The van der Waals surface area contributed by atoms with Gasteiger partial charge in [-0.05, 0) is 18.4 Å². The average molecular weight is 343 g/mol. The van der Waals surface area contributed by atoms with E-state index in [0.717, 1.165) is 24.9 Å². The first-order valence-electron chi connectivity index (χ1n) is 8.79. The molecule has 0 bridgehead atoms. The Morgan fingerprint density at radius 2 is 2.24 bits per heavy atom. The third-order valence-electron chi connectivity index (χ3n) is 4.33. The number of imidazole rings is 1. The van der Waals surface area contributed by atoms with Crippen molar-refractivity contribution in [2.24, 2.45) is 0 Å². The zero-order chi connectivity index (χ0) is 17.3. The smallest absolute Gasteiger partial charge is 0.220 e. The van der Waals surface area contributed by atoms with E-state index in [1.54, 1.807) is 12.5 Å². The van der Waals surface area contributed by atoms with Gasteiger partial charge in [0.2, 0.25) is 5.91 Å². The summed E-state index contributed by atoms with van der Waals surface area (Å²) in [5.74, 6) is 0.0453. The van der Waals surface area contributed by atoms with E-state index in [9.17, 15) is 4.79 Å². The second kappa shape index (κ2) is 9.34. The van der Waals surface area contributed by atoms with Gasteiger partial charge in [-0.1, -0.05) is 30.3 Å². The molecule has 0 saturated carbocycles. The number of amides is 1. The van der Waals surface area contributed by atoms with Gasteiger partial charge in [0.25, 0.3) is 0 Å². The van der Waals surface area contributed by atoms with Crippen molar-refractivity contribution < 1.29 is 14.3 Å². The number of aryl methyl sites for hydroxylation is 1. The predicted octanol–water partition coefficient (Wildman–Crippen LogP) is 2.15. The molecule has 6 heteroatoms. The largest absolute Gasteiger partial charge is 0.379 e. The molecule has 25 heavy (non-hydrogen) atoms. The Kier molecular flexibility index (Phi) is 6.59. The molecule has 2 aromatic rings. The molecule has 2 atom stereocenters. The highest BCUT2D eigenvalue weighted by molar-refractivity contribution is 5.76. The summed E-state index contributed by atoms with van der Waals surface area (Å²) >= 11 is 0. The summed E-state index contributed by atoms with van der Waals surface area (Å²) in [7, 11) is 0. The van der Waals surface area contributed by atoms with Crippen LogP contribution < -0.4 is 5.32 Å². The molecule has 1 amide bonds. The maximum atomic E-state index is 12.2. The number of nitrogens with one attached hydrogen (secondary N) is 1. The lowest BCUT2D eigenvalue weighted by Crippen LogP contribution is -2.50. The van der Waals surface area contributed by atoms with E-state index in [-0.39, 0.29) is 18.1 Å². The Hall–Kier alpha value is -2.18. The van der Waals surface area contributed by atoms with Crippen LogP contribution in [0.25, 0.3) is 0 Å². The molecular formula is C19H25N3O3. The highest BCUT2D eigenvalue weighted by atomic mass is 16.5. The van der Waals surface area contributed by atoms with Gasteiger partial charge in [-0.3, -0.25) is 4.79 Å². The fourth-order valence-electron chi connectivity index (χ4n) is 2.95. The minimum Gasteiger partial charge on any atom is -0.379 e. The Morgan fingerprint density at radius 1 is 1.36 bits per heavy atom. The number of rotatable bonds is 8. The van der Waals surface area contributed by atoms with Gasteiger partial charge >= 0.3 is 0 Å². The van der Waals surface area contributed by atoms with Gasteiger partial charge in [-0.25, -0.2) is 4.98 Å². The highest BCUT2D eigenvalue weighted by Crippen LogP contribution is 2.15. The number of aromatic nitrogens is 2. The number of nitrogens with zero attached hydrogens (tertiary/aromatic N) is 2. The lowest BCUT2D eigenvalue weighted by atomic mass is 10.1. The number of hydrogen-bond acceptors (Lipinski definition) is 4. The lowest BCUT2D eigenvalue weighted by molar-refractivity contribution is -0.126. The summed E-state index contributed by atoms with van der Waals surface area (Å²) in [6, 6.07) is 10.00. The molecule has 6 nitrogen and oxygen atoms in total. The Balaban J connectivity index is 1.42. The van der Waals surface area contributed by atoms with Crippen molar-refractivity contribution in [1.29, 1.82) is 0 Å². The minimum absolute atomic E-state index is 0.00782. The van der Waals surface area contributed by atoms with Crippen molar-refractivity contribution in [3.8, 4) is 0 Å². The summed E-state index contributed by atoms with van der Waals surface area (Å²) < 4.78 is 13.5. The van der Waals surface area contributed by atoms with E-state index < -0.39 is 0 Å². The van der Waals surface area contributed by atoms with Crippen LogP contribution in [0.4, 0.5) is 0 Å². The zero-order valence-corrected chi connectivity index (χ0v) is 14.3. The van der Waals surface area contributed by atoms with E-state index in [1.165, 1.54) is 0 Å². The van der Waals surface area contributed by atoms with E-state index >= 15 is 0 Å². The number of carbonyl (C=O) groups excluding carboxylic acids is 1. The van der Waals surface area contributed by atoms with Gasteiger partial charge in [0.15, 0.2) is 0 Å². The van der Waals surface area contributed by atoms with Crippen LogP contribution in [0.1, 0.15) is 24.8 Å². The van der Waals surface area contributed by atoms with E-state index in [4.69, 9.17) is 9.47 Å². The van der Waals surface area contributed by atoms with Crippen molar-refractivity contribution in [3.63, 3.8) is 0 Å². The van der Waals surface area contributed by atoms with Crippen LogP contribution in [0, 0.1) is 0 Å². The summed E-state index contributed by atoms with van der Waals surface area (Å²) in [6.45, 7) is 2.53. The van der Waals surface area contributed by atoms with Gasteiger partial charge in [0, 0.05) is 32.0 Å². The van der Waals surface area contributed by atoms with Crippen LogP contribution in [0.2, 0.25) is 0 Å². The highest BCUT2D eigenvalue weighted by Gasteiger charge is 2.27. The standard InChI is InChI=1S/C19H25N3O3/c23-19(7-4-10-22-11-9-20-15-22)21-17-14-24-12-8-18(17)25-13-16-5-2-1-3-6-16/h1-3,5-6,9,11,15,17-18H,4,7-8,10,12-14H2,(H,21,23)/t17-,18+/m1/s1. The van der Waals surface area contributed by atoms with Crippen molar-refractivity contribution >= 4 is 5.91 Å². The molecule has 1 aromatic carbocycles. The third kappa shape index (κ3) is 5.69. The maximum absolute atomic E-state index is 12.2. The van der Waals surface area contributed by atoms with Crippen LogP contribution in [0.3, 0.4) is 0 Å². The molecule has 1 fully saturated rings. The van der Waals surface area contributed by atoms with Crippen LogP contribution in [-0.2, 0) is 27.4 Å². The fourth-order valence-corrected chi connectivity index (χ4v) is 2.95. The Bertz CT molecular complexity index is 631. The zero-order valence-electron chi connectivity index (χ0n) is 14.3. The van der Waals surface area contributed by atoms with Crippen molar-refractivity contribution in [2.75, 3.05) is 13.2 Å². The number of carbonyl (C=O) groups is 1. The number of hydrogen-bond donors (Lipinski definition) is 1. The van der Waals surface area contributed by atoms with Gasteiger partial charge in [0.1, 0.15) is 0 Å². The molecule has 1 aromatic heterocycles. The van der Waals surface area contributed by atoms with Crippen LogP contribution >= 0.6 is 0 Å². The van der Waals surface area contributed by atoms with Crippen LogP contribution in [0.15, 0.2) is 49.1 Å². The molecule has 1 N–H and O–H groups in total. The van der Waals surface area contributed by atoms with Crippen molar-refractivity contribution in [3.05, 3.63) is 54.6 Å². The van der Waals surface area contributed by atoms with Crippen LogP contribution in [0.5, 0.6) is 0 Å². The molecule has 0 spiro atoms. The molecule has 1 saturated heterocycles. The van der Waals surface area contributed by atoms with Gasteiger partial charge in [-0.2, -0.15) is 0 Å². The second-order valence-corrected chi connectivity index (χ2v) is 6.28. The van der Waals surface area contributed by atoms with Gasteiger partial charge in [-0.15, -0.1) is 0 Å². The first-order chi connectivity index (χ1) is 12.3. The predicted molar refractivity (Wildman–Crippen MR) is 93.8 cm³/mol. The minimum atomic E-state index is -0.0850. The lowest BCUT2D eigenvalue weighted by Gasteiger charge is -2.32. The second-order valence-electron chi connectivity index (χ2n) is 6.28. The summed E-state index contributed by atoms with van der Waals surface area (Å²) in [5.41, 5.74) is 1.14. The molecule has 134 valence electrons. The summed E-state index contributed by atoms with van der Waals surface area (Å²) in [4.78, 5) is 16.2. The summed E-state index contributed by atoms with van der Waals surface area (Å²) in [5, 5.41) is 3.07. The molecule has 3 rings (SSSR count). The molecule has 0 radical (unpaired) electrons. The van der Waals surface area contributed by atoms with E-state index in [2.05, 4.69) is 10.3 Å². The topological polar surface area (TPSA) is 65.4 Å². The first-order valence-corrected chi connectivity index (χ1v) is 8.79. The number of benzene rings is 1. The maximum Gasteiger partial charge on any atom is 0.220 e. The van der Waals surface area contributed by atoms with Crippen LogP contribution in [-0.4, -0.2) is 40.8 Å². The number of ether oxygens (including phenoxy) is 2. The quantitative estimate of drug-likeness (QED) is 0.798. The SMILES string of the molecule is O=C(CCCn1ccnc1)N[C@@H]1COCC[C@@H]1OCc1ccccc1. The first kappa shape index (κ1) is 17.6. The Morgan fingerprint density at radius 3 is 3.04 bits per heavy atom. The van der Waals surface area contributed by atoms with Gasteiger partial charge in [0.05, 0.1) is 31.7 Å². The van der Waals surface area contributed by atoms with Gasteiger partial charge < -0.3 is 19.4 Å². The molecule has 1 aliphatic rings. The molecule has 0 aliphatic carbocycles. The monoisotopic (exact) mass is 343 g/mol. The normalized spacial score (nSPS) is 20.3. The average Bonchev–Trinajstić information content (AvgIpc) is 3.15. The molecule has 1 aliphatic heterocycles. The van der Waals surface area contributed by atoms with Crippen molar-refractivity contribution in [2.45, 2.75) is 44.6 Å². The van der Waals surface area contributed by atoms with E-state index in [1.807, 2.05) is 41.1 Å². The Labute approximate surface area is 148 Å². The molecule has 2 heterocycles. The van der Waals surface area contributed by atoms with E-state index in [0.29, 0.717) is 26.2 Å². The molecule has 0 unspecified atom stereocenters. The fraction of sp³-hybridized carbons (Fsp3) is 0.474. The van der Waals surface area contributed by atoms with Crippen molar-refractivity contribution in [1.82, 2.24) is 14.9 Å². The summed E-state index contributed by atoms with van der Waals surface area (Å²) in [6.07, 6.45) is 7.47.